The van der Waals surface area contributed by atoms with Crippen LogP contribution >= 0.6 is 15.9 Å². The smallest absolute Gasteiger partial charge is 0.267 e. The van der Waals surface area contributed by atoms with Gasteiger partial charge < -0.3 is 10.5 Å². The summed E-state index contributed by atoms with van der Waals surface area (Å²) in [5.74, 6) is 0.497. The molecule has 1 aromatic carbocycles. The molecule has 0 fully saturated rings. The molecule has 0 atom stereocenters. The van der Waals surface area contributed by atoms with E-state index in [-0.39, 0.29) is 10.7 Å². The Bertz CT molecular complexity index is 699. The van der Waals surface area contributed by atoms with Gasteiger partial charge in [0.25, 0.3) is 10.0 Å². The highest BCUT2D eigenvalue weighted by molar-refractivity contribution is 9.10. The van der Waals surface area contributed by atoms with E-state index in [0.29, 0.717) is 11.4 Å². The summed E-state index contributed by atoms with van der Waals surface area (Å²) in [6, 6.07) is 4.83. The number of methoxy groups -OCH3 is 1. The van der Waals surface area contributed by atoms with Crippen molar-refractivity contribution in [3.63, 3.8) is 0 Å². The monoisotopic (exact) mass is 346 g/mol. The maximum atomic E-state index is 12.1. The number of ether oxygens (including phenoxy) is 1. The van der Waals surface area contributed by atoms with E-state index in [1.807, 2.05) is 0 Å². The first-order valence-electron chi connectivity index (χ1n) is 5.09. The van der Waals surface area contributed by atoms with Crippen molar-refractivity contribution >= 4 is 37.5 Å². The average Bonchev–Trinajstić information content (AvgIpc) is 2.78. The zero-order chi connectivity index (χ0) is 14.0. The number of anilines is 2. The number of nitrogens with two attached hydrogens (primary N) is 1. The Morgan fingerprint density at radius 3 is 2.79 bits per heavy atom. The zero-order valence-electron chi connectivity index (χ0n) is 9.84. The standard InChI is InChI=1S/C10H11BrN4O3S/c1-18-8-4-6(2-3-7(8)11)15-19(16,17)9-5-13-14-10(9)12/h2-5,15H,1H3,(H3,12,13,14). The van der Waals surface area contributed by atoms with E-state index >= 15 is 0 Å². The van der Waals surface area contributed by atoms with Gasteiger partial charge >= 0.3 is 0 Å². The molecule has 0 saturated heterocycles. The van der Waals surface area contributed by atoms with Crippen LogP contribution < -0.4 is 15.2 Å². The quantitative estimate of drug-likeness (QED) is 0.778. The van der Waals surface area contributed by atoms with Gasteiger partial charge in [-0.2, -0.15) is 5.10 Å². The normalized spacial score (nSPS) is 11.3. The Morgan fingerprint density at radius 2 is 2.21 bits per heavy atom. The number of aromatic nitrogens is 2. The first-order chi connectivity index (χ1) is 8.94. The molecule has 0 spiro atoms. The highest BCUT2D eigenvalue weighted by Crippen LogP contribution is 2.29. The van der Waals surface area contributed by atoms with Crippen LogP contribution in [0.15, 0.2) is 33.8 Å². The molecule has 0 aliphatic heterocycles. The van der Waals surface area contributed by atoms with E-state index in [9.17, 15) is 8.42 Å². The van der Waals surface area contributed by atoms with Gasteiger partial charge in [-0.3, -0.25) is 9.82 Å². The largest absolute Gasteiger partial charge is 0.495 e. The molecule has 2 rings (SSSR count). The Morgan fingerprint density at radius 1 is 1.47 bits per heavy atom. The minimum Gasteiger partial charge on any atom is -0.495 e. The molecular formula is C10H11BrN4O3S. The second kappa shape index (κ2) is 5.10. The second-order valence-corrected chi connectivity index (χ2v) is 6.11. The number of benzene rings is 1. The Labute approximate surface area is 118 Å². The minimum absolute atomic E-state index is 0.0171. The van der Waals surface area contributed by atoms with Gasteiger partial charge in [0.2, 0.25) is 0 Å². The lowest BCUT2D eigenvalue weighted by Crippen LogP contribution is -2.13. The lowest BCUT2D eigenvalue weighted by Gasteiger charge is -2.09. The summed E-state index contributed by atoms with van der Waals surface area (Å²) in [5, 5.41) is 5.94. The Hall–Kier alpha value is -1.74. The molecule has 0 saturated carbocycles. The molecule has 19 heavy (non-hydrogen) atoms. The van der Waals surface area contributed by atoms with E-state index in [2.05, 4.69) is 30.8 Å². The summed E-state index contributed by atoms with van der Waals surface area (Å²) >= 11 is 3.28. The fraction of sp³-hybridized carbons (Fsp3) is 0.100. The molecule has 0 radical (unpaired) electrons. The van der Waals surface area contributed by atoms with Gasteiger partial charge in [-0.1, -0.05) is 0 Å². The number of halogens is 1. The molecule has 7 nitrogen and oxygen atoms in total. The maximum Gasteiger partial charge on any atom is 0.267 e. The zero-order valence-corrected chi connectivity index (χ0v) is 12.2. The molecule has 0 unspecified atom stereocenters. The first kappa shape index (κ1) is 13.7. The second-order valence-electron chi connectivity index (χ2n) is 3.60. The molecule has 0 aliphatic rings. The van der Waals surface area contributed by atoms with Crippen molar-refractivity contribution in [3.05, 3.63) is 28.9 Å². The van der Waals surface area contributed by atoms with Crippen LogP contribution in [-0.2, 0) is 10.0 Å². The van der Waals surface area contributed by atoms with Gasteiger partial charge in [0, 0.05) is 6.07 Å². The summed E-state index contributed by atoms with van der Waals surface area (Å²) in [7, 11) is -2.29. The molecule has 4 N–H and O–H groups in total. The topological polar surface area (TPSA) is 110 Å². The van der Waals surface area contributed by atoms with Crippen molar-refractivity contribution in [1.29, 1.82) is 0 Å². The first-order valence-corrected chi connectivity index (χ1v) is 7.37. The van der Waals surface area contributed by atoms with Crippen LogP contribution in [0.5, 0.6) is 5.75 Å². The SMILES string of the molecule is COc1cc(NS(=O)(=O)c2cn[nH]c2N)ccc1Br. The number of rotatable bonds is 4. The van der Waals surface area contributed by atoms with Gasteiger partial charge in [0.05, 0.1) is 23.5 Å². The summed E-state index contributed by atoms with van der Waals surface area (Å²) in [5.41, 5.74) is 5.85. The highest BCUT2D eigenvalue weighted by atomic mass is 79.9. The van der Waals surface area contributed by atoms with Crippen LogP contribution in [-0.4, -0.2) is 25.7 Å². The lowest BCUT2D eigenvalue weighted by atomic mass is 10.3. The number of nitrogens with one attached hydrogen (secondary N) is 2. The molecule has 0 amide bonds. The summed E-state index contributed by atoms with van der Waals surface area (Å²) in [6.45, 7) is 0. The molecule has 9 heteroatoms. The van der Waals surface area contributed by atoms with Crippen LogP contribution in [0, 0.1) is 0 Å². The van der Waals surface area contributed by atoms with E-state index in [1.54, 1.807) is 18.2 Å². The van der Waals surface area contributed by atoms with Crippen LogP contribution in [0.25, 0.3) is 0 Å². The number of hydrogen-bond acceptors (Lipinski definition) is 5. The molecule has 0 aliphatic carbocycles. The fourth-order valence-electron chi connectivity index (χ4n) is 1.43. The number of nitrogens with zero attached hydrogens (tertiary/aromatic N) is 1. The number of nitrogen functional groups attached to an aromatic ring is 1. The third-order valence-corrected chi connectivity index (χ3v) is 4.39. The molecule has 1 aromatic heterocycles. The molecule has 1 heterocycles. The van der Waals surface area contributed by atoms with Crippen molar-refractivity contribution in [1.82, 2.24) is 10.2 Å². The van der Waals surface area contributed by atoms with Crippen LogP contribution in [0.3, 0.4) is 0 Å². The predicted octanol–water partition coefficient (Wildman–Crippen LogP) is 1.56. The Balaban J connectivity index is 2.34. The van der Waals surface area contributed by atoms with Crippen molar-refractivity contribution in [2.45, 2.75) is 4.90 Å². The van der Waals surface area contributed by atoms with E-state index in [4.69, 9.17) is 10.5 Å². The van der Waals surface area contributed by atoms with E-state index in [0.717, 1.165) is 10.7 Å². The third-order valence-electron chi connectivity index (χ3n) is 2.33. The lowest BCUT2D eigenvalue weighted by molar-refractivity contribution is 0.412. The van der Waals surface area contributed by atoms with Gasteiger partial charge in [-0.15, -0.1) is 0 Å². The van der Waals surface area contributed by atoms with Gasteiger partial charge in [-0.25, -0.2) is 8.42 Å². The third kappa shape index (κ3) is 2.82. The van der Waals surface area contributed by atoms with Crippen molar-refractivity contribution in [2.75, 3.05) is 17.6 Å². The predicted molar refractivity (Wildman–Crippen MR) is 74.5 cm³/mol. The fourth-order valence-corrected chi connectivity index (χ4v) is 2.91. The Kier molecular flexibility index (Phi) is 3.67. The number of hydrogen-bond donors (Lipinski definition) is 3. The van der Waals surface area contributed by atoms with Crippen LogP contribution in [0.1, 0.15) is 0 Å². The number of aromatic amines is 1. The van der Waals surface area contributed by atoms with E-state index in [1.165, 1.54) is 7.11 Å². The number of H-pyrrole nitrogens is 1. The molecular weight excluding hydrogens is 336 g/mol. The van der Waals surface area contributed by atoms with Gasteiger partial charge in [0.1, 0.15) is 16.5 Å². The summed E-state index contributed by atoms with van der Waals surface area (Å²) in [4.78, 5) is -0.102. The van der Waals surface area contributed by atoms with Crippen molar-refractivity contribution in [2.24, 2.45) is 0 Å². The van der Waals surface area contributed by atoms with Crippen molar-refractivity contribution < 1.29 is 13.2 Å². The minimum atomic E-state index is -3.78. The number of sulfonamides is 1. The van der Waals surface area contributed by atoms with Crippen LogP contribution in [0.4, 0.5) is 11.5 Å². The summed E-state index contributed by atoms with van der Waals surface area (Å²) < 4.78 is 32.3. The molecule has 2 aromatic rings. The van der Waals surface area contributed by atoms with Crippen LogP contribution in [0.2, 0.25) is 0 Å². The van der Waals surface area contributed by atoms with E-state index < -0.39 is 10.0 Å². The highest BCUT2D eigenvalue weighted by Gasteiger charge is 2.19. The molecule has 0 bridgehead atoms. The van der Waals surface area contributed by atoms with Crippen molar-refractivity contribution in [3.8, 4) is 5.75 Å². The van der Waals surface area contributed by atoms with Gasteiger partial charge in [-0.05, 0) is 28.1 Å². The van der Waals surface area contributed by atoms with Gasteiger partial charge in [0.15, 0.2) is 0 Å². The summed E-state index contributed by atoms with van der Waals surface area (Å²) in [6.07, 6.45) is 1.15. The maximum absolute atomic E-state index is 12.1. The molecule has 102 valence electrons. The average molecular weight is 347 g/mol.